The summed E-state index contributed by atoms with van der Waals surface area (Å²) in [6.45, 7) is 6.64. The van der Waals surface area contributed by atoms with Crippen molar-refractivity contribution in [3.05, 3.63) is 0 Å². The van der Waals surface area contributed by atoms with E-state index in [0.29, 0.717) is 0 Å². The highest BCUT2D eigenvalue weighted by Gasteiger charge is 1.96. The van der Waals surface area contributed by atoms with Crippen LogP contribution in [0.1, 0.15) is 13.8 Å². The van der Waals surface area contributed by atoms with E-state index in [4.69, 9.17) is 15.2 Å². The van der Waals surface area contributed by atoms with E-state index in [1.54, 1.807) is 13.8 Å². The van der Waals surface area contributed by atoms with Gasteiger partial charge in [0.2, 0.25) is 5.91 Å². The van der Waals surface area contributed by atoms with Gasteiger partial charge in [0.25, 0.3) is 0 Å². The highest BCUT2D eigenvalue weighted by atomic mass is 16.6. The Balaban J connectivity index is 0.000000202. The van der Waals surface area contributed by atoms with Crippen LogP contribution in [0.25, 0.3) is 0 Å². The highest BCUT2D eigenvalue weighted by Crippen LogP contribution is 1.85. The van der Waals surface area contributed by atoms with E-state index in [9.17, 15) is 4.79 Å². The Morgan fingerprint density at radius 2 is 1.42 bits per heavy atom. The molecule has 0 aromatic rings. The zero-order chi connectivity index (χ0) is 9.40. The summed E-state index contributed by atoms with van der Waals surface area (Å²) in [4.78, 5) is 9.92. The first kappa shape index (κ1) is 11.4. The molecule has 4 heteroatoms. The van der Waals surface area contributed by atoms with Gasteiger partial charge in [0.1, 0.15) is 0 Å². The fourth-order valence-electron chi connectivity index (χ4n) is 0.440. The Bertz CT molecular complexity index is 110. The maximum absolute atomic E-state index is 9.92. The number of hydrogen-bond donors (Lipinski definition) is 1. The largest absolute Gasteiger partial charge is 0.377 e. The van der Waals surface area contributed by atoms with Crippen molar-refractivity contribution in [1.29, 1.82) is 0 Å². The predicted molar refractivity (Wildman–Crippen MR) is 45.7 cm³/mol. The monoisotopic (exact) mass is 175 g/mol. The van der Waals surface area contributed by atoms with Crippen molar-refractivity contribution in [2.45, 2.75) is 13.8 Å². The lowest BCUT2D eigenvalue weighted by Crippen LogP contribution is -2.17. The molecule has 0 saturated carbocycles. The molecule has 1 heterocycles. The van der Waals surface area contributed by atoms with Gasteiger partial charge in [0.15, 0.2) is 0 Å². The average Bonchev–Trinajstić information content (AvgIpc) is 2.08. The van der Waals surface area contributed by atoms with E-state index in [1.165, 1.54) is 0 Å². The van der Waals surface area contributed by atoms with Crippen molar-refractivity contribution < 1.29 is 14.3 Å². The van der Waals surface area contributed by atoms with Crippen LogP contribution in [-0.4, -0.2) is 32.3 Å². The number of ether oxygens (including phenoxy) is 2. The quantitative estimate of drug-likeness (QED) is 0.617. The van der Waals surface area contributed by atoms with E-state index in [-0.39, 0.29) is 11.8 Å². The number of amides is 1. The van der Waals surface area contributed by atoms with Crippen LogP contribution in [-0.2, 0) is 14.3 Å². The second kappa shape index (κ2) is 7.06. The van der Waals surface area contributed by atoms with Gasteiger partial charge in [-0.15, -0.1) is 0 Å². The van der Waals surface area contributed by atoms with Gasteiger partial charge in [0.05, 0.1) is 26.4 Å². The molecular formula is C8H17NO3. The lowest BCUT2D eigenvalue weighted by atomic mass is 10.2. The molecule has 2 N–H and O–H groups in total. The van der Waals surface area contributed by atoms with E-state index in [0.717, 1.165) is 26.4 Å². The molecule has 0 aliphatic carbocycles. The molecule has 1 fully saturated rings. The van der Waals surface area contributed by atoms with Crippen LogP contribution in [0.5, 0.6) is 0 Å². The second-order valence-corrected chi connectivity index (χ2v) is 2.78. The number of rotatable bonds is 1. The minimum atomic E-state index is -0.241. The Morgan fingerprint density at radius 3 is 1.50 bits per heavy atom. The molecular weight excluding hydrogens is 158 g/mol. The topological polar surface area (TPSA) is 61.6 Å². The third-order valence-electron chi connectivity index (χ3n) is 1.31. The Hall–Kier alpha value is -0.610. The van der Waals surface area contributed by atoms with Crippen LogP contribution in [0.4, 0.5) is 0 Å². The van der Waals surface area contributed by atoms with Crippen molar-refractivity contribution in [1.82, 2.24) is 0 Å². The number of hydrogen-bond acceptors (Lipinski definition) is 3. The minimum absolute atomic E-state index is 0.00926. The fourth-order valence-corrected chi connectivity index (χ4v) is 0.440. The molecule has 0 aromatic carbocycles. The van der Waals surface area contributed by atoms with Gasteiger partial charge in [-0.3, -0.25) is 4.79 Å². The maximum atomic E-state index is 9.92. The number of nitrogens with two attached hydrogens (primary N) is 1. The van der Waals surface area contributed by atoms with Crippen LogP contribution in [0.15, 0.2) is 0 Å². The number of primary amides is 1. The molecule has 0 atom stereocenters. The summed E-state index contributed by atoms with van der Waals surface area (Å²) >= 11 is 0. The molecule has 4 nitrogen and oxygen atoms in total. The van der Waals surface area contributed by atoms with E-state index >= 15 is 0 Å². The lowest BCUT2D eigenvalue weighted by molar-refractivity contribution is -0.120. The summed E-state index contributed by atoms with van der Waals surface area (Å²) in [6, 6.07) is 0. The first-order valence-corrected chi connectivity index (χ1v) is 4.09. The molecule has 0 aromatic heterocycles. The van der Waals surface area contributed by atoms with E-state index < -0.39 is 0 Å². The first-order valence-electron chi connectivity index (χ1n) is 4.09. The van der Waals surface area contributed by atoms with Crippen molar-refractivity contribution in [2.75, 3.05) is 26.4 Å². The number of carbonyl (C=O) groups is 1. The van der Waals surface area contributed by atoms with Gasteiger partial charge < -0.3 is 15.2 Å². The second-order valence-electron chi connectivity index (χ2n) is 2.78. The lowest BCUT2D eigenvalue weighted by Gasteiger charge is -2.09. The molecule has 1 amide bonds. The van der Waals surface area contributed by atoms with Crippen LogP contribution in [0.3, 0.4) is 0 Å². The normalized spacial score (nSPS) is 16.6. The first-order chi connectivity index (χ1) is 5.64. The van der Waals surface area contributed by atoms with Gasteiger partial charge in [0, 0.05) is 5.92 Å². The summed E-state index contributed by atoms with van der Waals surface area (Å²) in [5, 5.41) is 0. The van der Waals surface area contributed by atoms with Crippen LogP contribution >= 0.6 is 0 Å². The van der Waals surface area contributed by atoms with Crippen molar-refractivity contribution >= 4 is 5.91 Å². The van der Waals surface area contributed by atoms with Crippen LogP contribution in [0, 0.1) is 5.92 Å². The maximum Gasteiger partial charge on any atom is 0.219 e. The third-order valence-corrected chi connectivity index (χ3v) is 1.31. The van der Waals surface area contributed by atoms with Crippen molar-refractivity contribution in [2.24, 2.45) is 11.7 Å². The van der Waals surface area contributed by atoms with Crippen molar-refractivity contribution in [3.63, 3.8) is 0 Å². The minimum Gasteiger partial charge on any atom is -0.377 e. The van der Waals surface area contributed by atoms with E-state index in [1.807, 2.05) is 0 Å². The third kappa shape index (κ3) is 7.50. The highest BCUT2D eigenvalue weighted by molar-refractivity contribution is 5.75. The Morgan fingerprint density at radius 1 is 1.17 bits per heavy atom. The summed E-state index contributed by atoms with van der Waals surface area (Å²) in [7, 11) is 0. The molecule has 0 bridgehead atoms. The number of carbonyl (C=O) groups excluding carboxylic acids is 1. The predicted octanol–water partition coefficient (Wildman–Crippen LogP) is 0.161. The summed E-state index contributed by atoms with van der Waals surface area (Å²) in [6.07, 6.45) is 0. The smallest absolute Gasteiger partial charge is 0.219 e. The zero-order valence-corrected chi connectivity index (χ0v) is 7.71. The summed E-state index contributed by atoms with van der Waals surface area (Å²) in [5.41, 5.74) is 4.80. The Kier molecular flexibility index (Phi) is 6.70. The fraction of sp³-hybridized carbons (Fsp3) is 0.875. The molecule has 0 spiro atoms. The molecule has 1 saturated heterocycles. The average molecular weight is 175 g/mol. The molecule has 12 heavy (non-hydrogen) atoms. The van der Waals surface area contributed by atoms with Crippen LogP contribution < -0.4 is 5.73 Å². The molecule has 72 valence electrons. The molecule has 0 unspecified atom stereocenters. The van der Waals surface area contributed by atoms with Gasteiger partial charge >= 0.3 is 0 Å². The van der Waals surface area contributed by atoms with Gasteiger partial charge in [-0.2, -0.15) is 0 Å². The molecule has 0 radical (unpaired) electrons. The van der Waals surface area contributed by atoms with Gasteiger partial charge in [-0.25, -0.2) is 0 Å². The molecule has 1 rings (SSSR count). The standard InChI is InChI=1S/C4H9NO.C4H8O2/c1-3(2)4(5)6;1-2-6-4-3-5-1/h3H,1-2H3,(H2,5,6);1-4H2. The van der Waals surface area contributed by atoms with Crippen molar-refractivity contribution in [3.8, 4) is 0 Å². The molecule has 1 aliphatic heterocycles. The molecule has 1 aliphatic rings. The SMILES string of the molecule is C1COCCO1.CC(C)C(N)=O. The van der Waals surface area contributed by atoms with Gasteiger partial charge in [-0.05, 0) is 0 Å². The Labute approximate surface area is 73.0 Å². The van der Waals surface area contributed by atoms with Gasteiger partial charge in [-0.1, -0.05) is 13.8 Å². The zero-order valence-electron chi connectivity index (χ0n) is 7.71. The summed E-state index contributed by atoms with van der Waals surface area (Å²) < 4.78 is 9.89. The summed E-state index contributed by atoms with van der Waals surface area (Å²) in [5.74, 6) is -0.250. The van der Waals surface area contributed by atoms with Crippen LogP contribution in [0.2, 0.25) is 0 Å². The van der Waals surface area contributed by atoms with E-state index in [2.05, 4.69) is 0 Å².